The number of carbonyl (C=O) groups excluding carboxylic acids is 1. The summed E-state index contributed by atoms with van der Waals surface area (Å²) in [6.07, 6.45) is 0.892. The topological polar surface area (TPSA) is 23.6 Å². The van der Waals surface area contributed by atoms with Gasteiger partial charge in [0.2, 0.25) is 6.41 Å². The molecule has 1 aliphatic rings. The Hall–Kier alpha value is -0.570. The number of hydrogen-bond acceptors (Lipinski definition) is 2. The minimum Gasteiger partial charge on any atom is -0.348 e. The quantitative estimate of drug-likeness (QED) is 0.538. The monoisotopic (exact) mass is 156 g/mol. The van der Waals surface area contributed by atoms with Crippen LogP contribution in [0.5, 0.6) is 0 Å². The van der Waals surface area contributed by atoms with Crippen molar-refractivity contribution < 1.29 is 4.79 Å². The van der Waals surface area contributed by atoms with Gasteiger partial charge in [-0.1, -0.05) is 6.92 Å². The smallest absolute Gasteiger partial charge is 0.209 e. The number of rotatable bonds is 3. The van der Waals surface area contributed by atoms with Crippen LogP contribution >= 0.6 is 0 Å². The summed E-state index contributed by atoms with van der Waals surface area (Å²) in [7, 11) is 3.93. The predicted octanol–water partition coefficient (Wildman–Crippen LogP) is 0.0263. The van der Waals surface area contributed by atoms with Crippen LogP contribution in [0.2, 0.25) is 0 Å². The molecule has 1 saturated heterocycles. The van der Waals surface area contributed by atoms with Gasteiger partial charge in [0.05, 0.1) is 0 Å². The maximum Gasteiger partial charge on any atom is 0.209 e. The number of carbonyl (C=O) groups is 1. The lowest BCUT2D eigenvalue weighted by Gasteiger charge is -2.47. The van der Waals surface area contributed by atoms with Crippen molar-refractivity contribution in [3.05, 3.63) is 0 Å². The second-order valence-electron chi connectivity index (χ2n) is 4.00. The first-order chi connectivity index (χ1) is 5.06. The molecule has 0 unspecified atom stereocenters. The van der Waals surface area contributed by atoms with Crippen molar-refractivity contribution in [1.29, 1.82) is 0 Å². The Balaban J connectivity index is 2.31. The van der Waals surface area contributed by atoms with Gasteiger partial charge in [0.15, 0.2) is 0 Å². The molecule has 3 heteroatoms. The molecular weight excluding hydrogens is 140 g/mol. The van der Waals surface area contributed by atoms with Crippen LogP contribution in [-0.4, -0.2) is 49.9 Å². The zero-order valence-electron chi connectivity index (χ0n) is 7.50. The van der Waals surface area contributed by atoms with Crippen LogP contribution in [0.15, 0.2) is 0 Å². The molecule has 0 spiro atoms. The molecule has 0 atom stereocenters. The molecule has 1 fully saturated rings. The van der Waals surface area contributed by atoms with Crippen LogP contribution in [-0.2, 0) is 4.79 Å². The van der Waals surface area contributed by atoms with Crippen LogP contribution in [0.3, 0.4) is 0 Å². The lowest BCUT2D eigenvalue weighted by atomic mass is 9.82. The van der Waals surface area contributed by atoms with E-state index in [2.05, 4.69) is 18.9 Å². The average molecular weight is 156 g/mol. The average Bonchev–Trinajstić information content (AvgIpc) is 1.84. The summed E-state index contributed by atoms with van der Waals surface area (Å²) in [5.41, 5.74) is 0.338. The van der Waals surface area contributed by atoms with Crippen LogP contribution < -0.4 is 0 Å². The molecule has 1 rings (SSSR count). The van der Waals surface area contributed by atoms with Gasteiger partial charge in [0.25, 0.3) is 0 Å². The van der Waals surface area contributed by atoms with E-state index in [1.54, 1.807) is 4.90 Å². The third-order valence-electron chi connectivity index (χ3n) is 2.11. The van der Waals surface area contributed by atoms with Crippen molar-refractivity contribution in [3.63, 3.8) is 0 Å². The van der Waals surface area contributed by atoms with Crippen molar-refractivity contribution >= 4 is 6.41 Å². The molecule has 0 aromatic rings. The van der Waals surface area contributed by atoms with E-state index >= 15 is 0 Å². The minimum absolute atomic E-state index is 0.338. The van der Waals surface area contributed by atoms with Gasteiger partial charge in [-0.2, -0.15) is 0 Å². The van der Waals surface area contributed by atoms with Gasteiger partial charge in [0, 0.05) is 32.1 Å². The number of likely N-dealkylation sites (tertiary alicyclic amines) is 1. The van der Waals surface area contributed by atoms with Crippen LogP contribution in [0.25, 0.3) is 0 Å². The van der Waals surface area contributed by atoms with E-state index in [0.717, 1.165) is 26.0 Å². The molecule has 11 heavy (non-hydrogen) atoms. The highest BCUT2D eigenvalue weighted by Gasteiger charge is 2.36. The summed E-state index contributed by atoms with van der Waals surface area (Å²) in [6, 6.07) is 0. The summed E-state index contributed by atoms with van der Waals surface area (Å²) >= 11 is 0. The predicted molar refractivity (Wildman–Crippen MR) is 44.3 cm³/mol. The zero-order chi connectivity index (χ0) is 8.48. The fourth-order valence-corrected chi connectivity index (χ4v) is 2.00. The van der Waals surface area contributed by atoms with Gasteiger partial charge in [0.1, 0.15) is 0 Å². The normalized spacial score (nSPS) is 22.5. The molecule has 0 bridgehead atoms. The van der Waals surface area contributed by atoms with E-state index in [1.807, 2.05) is 7.05 Å². The maximum absolute atomic E-state index is 10.3. The summed E-state index contributed by atoms with van der Waals surface area (Å²) in [5.74, 6) is 0. The fourth-order valence-electron chi connectivity index (χ4n) is 2.00. The Bertz CT molecular complexity index is 152. The molecule has 0 radical (unpaired) electrons. The highest BCUT2D eigenvalue weighted by molar-refractivity contribution is 5.46. The van der Waals surface area contributed by atoms with Crippen LogP contribution in [0.1, 0.15) is 6.92 Å². The van der Waals surface area contributed by atoms with Gasteiger partial charge in [-0.15, -0.1) is 0 Å². The Morgan fingerprint density at radius 1 is 1.64 bits per heavy atom. The minimum atomic E-state index is 0.338. The van der Waals surface area contributed by atoms with Crippen LogP contribution in [0.4, 0.5) is 0 Å². The Morgan fingerprint density at radius 3 is 2.55 bits per heavy atom. The summed E-state index contributed by atoms with van der Waals surface area (Å²) in [5, 5.41) is 0. The van der Waals surface area contributed by atoms with Gasteiger partial charge in [-0.05, 0) is 7.05 Å². The molecule has 0 N–H and O–H groups in total. The second kappa shape index (κ2) is 2.81. The number of amides is 1. The second-order valence-corrected chi connectivity index (χ2v) is 4.00. The number of hydrogen-bond donors (Lipinski definition) is 0. The summed E-state index contributed by atoms with van der Waals surface area (Å²) in [6.45, 7) is 5.30. The van der Waals surface area contributed by atoms with Gasteiger partial charge in [-0.25, -0.2) is 0 Å². The largest absolute Gasteiger partial charge is 0.348 e. The molecule has 64 valence electrons. The van der Waals surface area contributed by atoms with E-state index < -0.39 is 0 Å². The van der Waals surface area contributed by atoms with Crippen molar-refractivity contribution in [1.82, 2.24) is 9.80 Å². The number of nitrogens with zero attached hydrogens (tertiary/aromatic N) is 2. The zero-order valence-corrected chi connectivity index (χ0v) is 7.50. The standard InChI is InChI=1S/C8H16N2O/c1-8(4-9(2)5-8)6-10(3)7-11/h7H,4-6H2,1-3H3. The molecule has 0 aromatic heterocycles. The van der Waals surface area contributed by atoms with E-state index in [9.17, 15) is 4.79 Å². The first kappa shape index (κ1) is 8.53. The van der Waals surface area contributed by atoms with Crippen molar-refractivity contribution in [3.8, 4) is 0 Å². The summed E-state index contributed by atoms with van der Waals surface area (Å²) in [4.78, 5) is 14.3. The Labute approximate surface area is 68.0 Å². The Morgan fingerprint density at radius 2 is 2.18 bits per heavy atom. The third kappa shape index (κ3) is 1.93. The van der Waals surface area contributed by atoms with Gasteiger partial charge < -0.3 is 9.80 Å². The lowest BCUT2D eigenvalue weighted by Crippen LogP contribution is -2.56. The fraction of sp³-hybridized carbons (Fsp3) is 0.875. The summed E-state index contributed by atoms with van der Waals surface area (Å²) < 4.78 is 0. The Kier molecular flexibility index (Phi) is 2.18. The van der Waals surface area contributed by atoms with Crippen molar-refractivity contribution in [2.45, 2.75) is 6.92 Å². The van der Waals surface area contributed by atoms with Gasteiger partial charge >= 0.3 is 0 Å². The molecule has 3 nitrogen and oxygen atoms in total. The molecular formula is C8H16N2O. The van der Waals surface area contributed by atoms with E-state index in [-0.39, 0.29) is 0 Å². The third-order valence-corrected chi connectivity index (χ3v) is 2.11. The van der Waals surface area contributed by atoms with Crippen LogP contribution in [0, 0.1) is 5.41 Å². The molecule has 0 aromatic carbocycles. The maximum atomic E-state index is 10.3. The van der Waals surface area contributed by atoms with Gasteiger partial charge in [-0.3, -0.25) is 4.79 Å². The van der Waals surface area contributed by atoms with E-state index in [4.69, 9.17) is 0 Å². The molecule has 1 aliphatic heterocycles. The van der Waals surface area contributed by atoms with Crippen molar-refractivity contribution in [2.75, 3.05) is 33.7 Å². The molecule has 1 amide bonds. The highest BCUT2D eigenvalue weighted by atomic mass is 16.1. The molecule has 1 heterocycles. The first-order valence-electron chi connectivity index (χ1n) is 3.90. The van der Waals surface area contributed by atoms with E-state index in [0.29, 0.717) is 5.41 Å². The lowest BCUT2D eigenvalue weighted by molar-refractivity contribution is -0.119. The van der Waals surface area contributed by atoms with Crippen molar-refractivity contribution in [2.24, 2.45) is 5.41 Å². The highest BCUT2D eigenvalue weighted by Crippen LogP contribution is 2.28. The first-order valence-corrected chi connectivity index (χ1v) is 3.90. The molecule has 0 saturated carbocycles. The SMILES string of the molecule is CN(C=O)CC1(C)CN(C)C1. The van der Waals surface area contributed by atoms with E-state index in [1.165, 1.54) is 0 Å². The molecule has 0 aliphatic carbocycles.